The summed E-state index contributed by atoms with van der Waals surface area (Å²) in [7, 11) is 0. The molecule has 4 aliphatic carbocycles. The van der Waals surface area contributed by atoms with Crippen LogP contribution in [0.4, 0.5) is 0 Å². The molecule has 10 atom stereocenters. The van der Waals surface area contributed by atoms with Crippen LogP contribution in [0.1, 0.15) is 118 Å². The van der Waals surface area contributed by atoms with Crippen molar-refractivity contribution in [1.82, 2.24) is 0 Å². The molecule has 4 aliphatic rings. The third-order valence-electron chi connectivity index (χ3n) is 11.7. The van der Waals surface area contributed by atoms with E-state index in [9.17, 15) is 10.2 Å². The second-order valence-electron chi connectivity index (χ2n) is 12.8. The van der Waals surface area contributed by atoms with E-state index in [0.29, 0.717) is 10.8 Å². The van der Waals surface area contributed by atoms with E-state index >= 15 is 0 Å². The summed E-state index contributed by atoms with van der Waals surface area (Å²) in [5.41, 5.74) is 0.623. The lowest BCUT2D eigenvalue weighted by Crippen LogP contribution is -2.56. The van der Waals surface area contributed by atoms with Crippen LogP contribution in [0.2, 0.25) is 0 Å². The first kappa shape index (κ1) is 23.1. The van der Waals surface area contributed by atoms with Crippen molar-refractivity contribution in [3.8, 4) is 0 Å². The summed E-state index contributed by atoms with van der Waals surface area (Å²) in [6.07, 6.45) is 15.7. The lowest BCUT2D eigenvalue weighted by Gasteiger charge is -2.62. The molecule has 0 aliphatic heterocycles. The highest BCUT2D eigenvalue weighted by atomic mass is 16.3. The van der Waals surface area contributed by atoms with Crippen molar-refractivity contribution in [2.75, 3.05) is 0 Å². The molecule has 0 saturated heterocycles. The summed E-state index contributed by atoms with van der Waals surface area (Å²) < 4.78 is 0. The topological polar surface area (TPSA) is 40.5 Å². The Balaban J connectivity index is 1.47. The molecule has 0 heterocycles. The van der Waals surface area contributed by atoms with Crippen LogP contribution in [0, 0.1) is 46.3 Å². The molecule has 2 heteroatoms. The quantitative estimate of drug-likeness (QED) is 0.489. The SMILES string of the molecule is CC[C@@H](O)CC[C@@H](C)[C@H]1CC[C@H]2[C@@H]3CC[C@H]4C[C@](O)(CC)CC[C@]4(C)[C@H]3CC[C@]12C. The van der Waals surface area contributed by atoms with Gasteiger partial charge < -0.3 is 10.2 Å². The molecule has 4 rings (SSSR count). The van der Waals surface area contributed by atoms with Gasteiger partial charge in [0.25, 0.3) is 0 Å². The lowest BCUT2D eigenvalue weighted by atomic mass is 9.43. The molecule has 4 saturated carbocycles. The van der Waals surface area contributed by atoms with Gasteiger partial charge in [-0.3, -0.25) is 0 Å². The number of rotatable bonds is 6. The molecule has 0 aromatic heterocycles. The van der Waals surface area contributed by atoms with Crippen molar-refractivity contribution in [1.29, 1.82) is 0 Å². The molecule has 0 spiro atoms. The monoisotopic (exact) mass is 418 g/mol. The van der Waals surface area contributed by atoms with Crippen LogP contribution < -0.4 is 0 Å². The number of aliphatic hydroxyl groups excluding tert-OH is 1. The summed E-state index contributed by atoms with van der Waals surface area (Å²) in [6, 6.07) is 0. The Labute approximate surface area is 186 Å². The van der Waals surface area contributed by atoms with Gasteiger partial charge >= 0.3 is 0 Å². The molecule has 0 unspecified atom stereocenters. The Morgan fingerprint density at radius 3 is 2.30 bits per heavy atom. The molecule has 30 heavy (non-hydrogen) atoms. The van der Waals surface area contributed by atoms with Crippen molar-refractivity contribution in [2.45, 2.75) is 130 Å². The second kappa shape index (κ2) is 8.36. The molecule has 0 aromatic carbocycles. The van der Waals surface area contributed by atoms with Gasteiger partial charge in [0.05, 0.1) is 11.7 Å². The van der Waals surface area contributed by atoms with E-state index in [-0.39, 0.29) is 11.7 Å². The standard InChI is InChI=1S/C28H50O2/c1-6-21(29)10-8-19(3)23-12-13-24-22-11-9-20-18-28(30,7-2)17-16-26(20,4)25(22)14-15-27(23,24)5/h19-25,29-30H,6-18H2,1-5H3/t19-,20+,21-,22+,23-,24+,25+,26+,27-,28+/m1/s1. The van der Waals surface area contributed by atoms with Gasteiger partial charge in [-0.2, -0.15) is 0 Å². The molecule has 2 nitrogen and oxygen atoms in total. The maximum atomic E-state index is 11.0. The summed E-state index contributed by atoms with van der Waals surface area (Å²) in [5, 5.41) is 21.1. The fourth-order valence-corrected chi connectivity index (χ4v) is 9.48. The maximum absolute atomic E-state index is 11.0. The Morgan fingerprint density at radius 2 is 1.60 bits per heavy atom. The zero-order valence-electron chi connectivity index (χ0n) is 20.6. The molecule has 0 amide bonds. The highest BCUT2D eigenvalue weighted by Gasteiger charge is 2.61. The molecule has 2 N–H and O–H groups in total. The third kappa shape index (κ3) is 3.70. The summed E-state index contributed by atoms with van der Waals surface area (Å²) in [6.45, 7) is 12.0. The van der Waals surface area contributed by atoms with Crippen molar-refractivity contribution in [3.63, 3.8) is 0 Å². The Hall–Kier alpha value is -0.0800. The van der Waals surface area contributed by atoms with E-state index in [1.807, 2.05) is 0 Å². The van der Waals surface area contributed by atoms with Gasteiger partial charge in [0.1, 0.15) is 0 Å². The van der Waals surface area contributed by atoms with E-state index in [4.69, 9.17) is 0 Å². The van der Waals surface area contributed by atoms with Crippen LogP contribution in [0.3, 0.4) is 0 Å². The minimum Gasteiger partial charge on any atom is -0.393 e. The van der Waals surface area contributed by atoms with E-state index in [2.05, 4.69) is 34.6 Å². The van der Waals surface area contributed by atoms with Crippen LogP contribution in [0.15, 0.2) is 0 Å². The van der Waals surface area contributed by atoms with E-state index in [1.54, 1.807) is 0 Å². The summed E-state index contributed by atoms with van der Waals surface area (Å²) >= 11 is 0. The third-order valence-corrected chi connectivity index (χ3v) is 11.7. The fourth-order valence-electron chi connectivity index (χ4n) is 9.48. The van der Waals surface area contributed by atoms with Crippen molar-refractivity contribution >= 4 is 0 Å². The molecule has 0 aromatic rings. The zero-order valence-corrected chi connectivity index (χ0v) is 20.6. The molecule has 174 valence electrons. The fraction of sp³-hybridized carbons (Fsp3) is 1.00. The van der Waals surface area contributed by atoms with E-state index < -0.39 is 0 Å². The first-order valence-corrected chi connectivity index (χ1v) is 13.6. The van der Waals surface area contributed by atoms with Crippen LogP contribution in [0.5, 0.6) is 0 Å². The Bertz CT molecular complexity index is 603. The largest absolute Gasteiger partial charge is 0.393 e. The van der Waals surface area contributed by atoms with Crippen molar-refractivity contribution in [2.24, 2.45) is 46.3 Å². The van der Waals surface area contributed by atoms with Crippen molar-refractivity contribution < 1.29 is 10.2 Å². The van der Waals surface area contributed by atoms with Crippen LogP contribution in [-0.4, -0.2) is 21.9 Å². The van der Waals surface area contributed by atoms with Gasteiger partial charge in [0.2, 0.25) is 0 Å². The molecular weight excluding hydrogens is 368 g/mol. The minimum absolute atomic E-state index is 0.100. The van der Waals surface area contributed by atoms with Gasteiger partial charge in [-0.05, 0) is 130 Å². The Morgan fingerprint density at radius 1 is 0.867 bits per heavy atom. The first-order chi connectivity index (χ1) is 14.2. The van der Waals surface area contributed by atoms with Crippen LogP contribution >= 0.6 is 0 Å². The highest BCUT2D eigenvalue weighted by molar-refractivity contribution is 5.10. The number of hydrogen-bond acceptors (Lipinski definition) is 2. The van der Waals surface area contributed by atoms with Gasteiger partial charge in [-0.15, -0.1) is 0 Å². The first-order valence-electron chi connectivity index (χ1n) is 13.6. The molecule has 0 radical (unpaired) electrons. The minimum atomic E-state index is -0.378. The lowest BCUT2D eigenvalue weighted by molar-refractivity contribution is -0.152. The maximum Gasteiger partial charge on any atom is 0.0648 e. The van der Waals surface area contributed by atoms with Gasteiger partial charge in [0.15, 0.2) is 0 Å². The van der Waals surface area contributed by atoms with Gasteiger partial charge in [-0.1, -0.05) is 34.6 Å². The average Bonchev–Trinajstić information content (AvgIpc) is 3.09. The second-order valence-corrected chi connectivity index (χ2v) is 12.8. The summed E-state index contributed by atoms with van der Waals surface area (Å²) in [5.74, 6) is 5.09. The zero-order chi connectivity index (χ0) is 21.7. The van der Waals surface area contributed by atoms with Crippen LogP contribution in [-0.2, 0) is 0 Å². The molecule has 0 bridgehead atoms. The van der Waals surface area contributed by atoms with Gasteiger partial charge in [-0.25, -0.2) is 0 Å². The van der Waals surface area contributed by atoms with E-state index in [1.165, 1.54) is 51.4 Å². The highest BCUT2D eigenvalue weighted by Crippen LogP contribution is 2.69. The predicted molar refractivity (Wildman–Crippen MR) is 125 cm³/mol. The van der Waals surface area contributed by atoms with Crippen LogP contribution in [0.25, 0.3) is 0 Å². The van der Waals surface area contributed by atoms with E-state index in [0.717, 1.165) is 67.6 Å². The molecule has 4 fully saturated rings. The predicted octanol–water partition coefficient (Wildman–Crippen LogP) is 6.97. The number of fused-ring (bicyclic) bond motifs is 5. The smallest absolute Gasteiger partial charge is 0.0648 e. The van der Waals surface area contributed by atoms with Crippen molar-refractivity contribution in [3.05, 3.63) is 0 Å². The van der Waals surface area contributed by atoms with Gasteiger partial charge in [0, 0.05) is 0 Å². The number of hydrogen-bond donors (Lipinski definition) is 2. The molecular formula is C28H50O2. The normalized spacial score (nSPS) is 50.3. The Kier molecular flexibility index (Phi) is 6.44. The average molecular weight is 419 g/mol. The summed E-state index contributed by atoms with van der Waals surface area (Å²) in [4.78, 5) is 0. The number of aliphatic hydroxyl groups is 2.